The molecule has 41 heavy (non-hydrogen) atoms. The summed E-state index contributed by atoms with van der Waals surface area (Å²) in [6.07, 6.45) is 14.6. The summed E-state index contributed by atoms with van der Waals surface area (Å²) in [5.74, 6) is -0.739. The standard InChI is InChI=1S/C35H39N3O2.HI/c1-34(2)27-17-8-10-19-29(27)37(5)31(34)21-13-15-26(25-36)16-14-22-32-35(3,4)28-18-9-11-20-30(28)38(32)24-12-6-7-23-33(39)40;/h8-11,13-22H,6-7,12,23-24H2,1-5H3;1H. The molecule has 0 aromatic heterocycles. The molecule has 0 saturated heterocycles. The highest BCUT2D eigenvalue weighted by molar-refractivity contribution is 6.03. The van der Waals surface area contributed by atoms with E-state index in [2.05, 4.69) is 111 Å². The molecule has 0 saturated carbocycles. The minimum absolute atomic E-state index is 0. The van der Waals surface area contributed by atoms with Gasteiger partial charge in [0.25, 0.3) is 0 Å². The van der Waals surface area contributed by atoms with Crippen LogP contribution in [0.1, 0.15) is 64.5 Å². The van der Waals surface area contributed by atoms with Crippen LogP contribution < -0.4 is 28.9 Å². The van der Waals surface area contributed by atoms with Gasteiger partial charge in [0.2, 0.25) is 5.69 Å². The molecule has 1 N–H and O–H groups in total. The molecule has 0 amide bonds. The van der Waals surface area contributed by atoms with E-state index in [0.717, 1.165) is 19.4 Å². The van der Waals surface area contributed by atoms with Crippen LogP contribution in [-0.4, -0.2) is 35.0 Å². The number of carbonyl (C=O) groups is 1. The van der Waals surface area contributed by atoms with Crippen LogP contribution in [0.5, 0.6) is 0 Å². The van der Waals surface area contributed by atoms with Crippen LogP contribution >= 0.6 is 0 Å². The number of rotatable bonds is 10. The van der Waals surface area contributed by atoms with Gasteiger partial charge in [-0.2, -0.15) is 9.84 Å². The lowest BCUT2D eigenvalue weighted by molar-refractivity contribution is -0.438. The van der Waals surface area contributed by atoms with Crippen molar-refractivity contribution in [2.45, 2.75) is 64.2 Å². The topological polar surface area (TPSA) is 67.3 Å². The zero-order valence-corrected chi connectivity index (χ0v) is 26.9. The fourth-order valence-corrected chi connectivity index (χ4v) is 6.02. The summed E-state index contributed by atoms with van der Waals surface area (Å²) in [6, 6.07) is 19.3. The summed E-state index contributed by atoms with van der Waals surface area (Å²) in [5.41, 5.74) is 7.67. The van der Waals surface area contributed by atoms with E-state index in [0.29, 0.717) is 12.0 Å². The Kier molecular flexibility index (Phi) is 10.5. The molecule has 0 aliphatic carbocycles. The van der Waals surface area contributed by atoms with Gasteiger partial charge in [-0.3, -0.25) is 4.79 Å². The third-order valence-electron chi connectivity index (χ3n) is 8.20. The Balaban J connectivity index is 0.00000462. The van der Waals surface area contributed by atoms with Gasteiger partial charge in [0.15, 0.2) is 5.71 Å². The second-order valence-electron chi connectivity index (χ2n) is 11.6. The van der Waals surface area contributed by atoms with Crippen molar-refractivity contribution in [3.63, 3.8) is 0 Å². The Morgan fingerprint density at radius 2 is 1.66 bits per heavy atom. The summed E-state index contributed by atoms with van der Waals surface area (Å²) in [6.45, 7) is 9.75. The van der Waals surface area contributed by atoms with Crippen molar-refractivity contribution in [1.29, 1.82) is 5.26 Å². The molecule has 0 unspecified atom stereocenters. The summed E-state index contributed by atoms with van der Waals surface area (Å²) < 4.78 is 2.35. The minimum atomic E-state index is -0.739. The Hall–Kier alpha value is -3.44. The molecule has 2 heterocycles. The highest BCUT2D eigenvalue weighted by Crippen LogP contribution is 2.46. The molecule has 0 radical (unpaired) electrons. The van der Waals surface area contributed by atoms with Crippen molar-refractivity contribution in [2.24, 2.45) is 0 Å². The lowest BCUT2D eigenvalue weighted by atomic mass is 9.81. The van der Waals surface area contributed by atoms with Crippen LogP contribution in [0.4, 0.5) is 11.4 Å². The maximum Gasteiger partial charge on any atom is 0.303 e. The van der Waals surface area contributed by atoms with Gasteiger partial charge in [0.05, 0.1) is 17.1 Å². The van der Waals surface area contributed by atoms with Gasteiger partial charge in [0, 0.05) is 54.4 Å². The molecule has 2 aromatic carbocycles. The number of fused-ring (bicyclic) bond motifs is 2. The van der Waals surface area contributed by atoms with Crippen LogP contribution in [0.2, 0.25) is 0 Å². The first-order valence-corrected chi connectivity index (χ1v) is 14.1. The van der Waals surface area contributed by atoms with Crippen LogP contribution in [-0.2, 0) is 15.6 Å². The highest BCUT2D eigenvalue weighted by Gasteiger charge is 2.43. The van der Waals surface area contributed by atoms with E-state index in [1.807, 2.05) is 24.3 Å². The number of nitriles is 1. The van der Waals surface area contributed by atoms with Gasteiger partial charge in [-0.25, -0.2) is 0 Å². The molecule has 4 rings (SSSR count). The van der Waals surface area contributed by atoms with E-state index in [1.165, 1.54) is 33.9 Å². The normalized spacial score (nSPS) is 18.1. The molecule has 0 bridgehead atoms. The average molecular weight is 662 g/mol. The maximum absolute atomic E-state index is 10.9. The molecule has 6 heteroatoms. The Morgan fingerprint density at radius 3 is 2.34 bits per heavy atom. The number of benzene rings is 2. The summed E-state index contributed by atoms with van der Waals surface area (Å²) >= 11 is 0. The molecular weight excluding hydrogens is 621 g/mol. The Labute approximate surface area is 261 Å². The third-order valence-corrected chi connectivity index (χ3v) is 8.20. The first kappa shape index (κ1) is 32.1. The van der Waals surface area contributed by atoms with Gasteiger partial charge in [-0.1, -0.05) is 62.4 Å². The predicted molar refractivity (Wildman–Crippen MR) is 163 cm³/mol. The summed E-state index contributed by atoms with van der Waals surface area (Å²) in [7, 11) is 2.09. The Bertz CT molecular complexity index is 1480. The van der Waals surface area contributed by atoms with E-state index >= 15 is 0 Å². The smallest absolute Gasteiger partial charge is 0.303 e. The lowest BCUT2D eigenvalue weighted by Gasteiger charge is -2.23. The monoisotopic (exact) mass is 661 g/mol. The number of hydrogen-bond donors (Lipinski definition) is 1. The highest BCUT2D eigenvalue weighted by atomic mass is 127. The summed E-state index contributed by atoms with van der Waals surface area (Å²) in [4.78, 5) is 13.1. The first-order chi connectivity index (χ1) is 19.1. The zero-order valence-electron chi connectivity index (χ0n) is 24.7. The van der Waals surface area contributed by atoms with Crippen molar-refractivity contribution in [3.8, 4) is 6.07 Å². The number of carboxylic acid groups (broad SMARTS) is 1. The Morgan fingerprint density at radius 1 is 0.976 bits per heavy atom. The van der Waals surface area contributed by atoms with Crippen molar-refractivity contribution < 1.29 is 38.5 Å². The van der Waals surface area contributed by atoms with Crippen molar-refractivity contribution in [1.82, 2.24) is 0 Å². The number of anilines is 1. The number of carboxylic acids is 1. The molecule has 2 aliphatic rings. The molecular formula is C35H40IN3O2. The van der Waals surface area contributed by atoms with Gasteiger partial charge >= 0.3 is 5.97 Å². The molecule has 0 atom stereocenters. The van der Waals surface area contributed by atoms with Gasteiger partial charge in [-0.05, 0) is 56.5 Å². The molecule has 2 aliphatic heterocycles. The minimum Gasteiger partial charge on any atom is -1.00 e. The third kappa shape index (κ3) is 6.73. The number of allylic oxidation sites excluding steroid dienone is 8. The summed E-state index contributed by atoms with van der Waals surface area (Å²) in [5, 5.41) is 18.8. The van der Waals surface area contributed by atoms with Gasteiger partial charge < -0.3 is 34.0 Å². The number of para-hydroxylation sites is 2. The number of likely N-dealkylation sites (N-methyl/N-ethyl adjacent to an activating group) is 1. The van der Waals surface area contributed by atoms with E-state index in [-0.39, 0.29) is 41.2 Å². The van der Waals surface area contributed by atoms with Crippen LogP contribution in [0.15, 0.2) is 96.3 Å². The predicted octanol–water partition coefficient (Wildman–Crippen LogP) is 4.59. The molecule has 214 valence electrons. The fraction of sp³-hybridized carbons (Fsp3) is 0.343. The molecule has 5 nitrogen and oxygen atoms in total. The number of halogens is 1. The second kappa shape index (κ2) is 13.5. The fourth-order valence-electron chi connectivity index (χ4n) is 6.02. The van der Waals surface area contributed by atoms with E-state index in [9.17, 15) is 10.1 Å². The largest absolute Gasteiger partial charge is 1.00 e. The van der Waals surface area contributed by atoms with E-state index in [4.69, 9.17) is 5.11 Å². The molecule has 0 spiro atoms. The number of aliphatic carboxylic acids is 1. The second-order valence-corrected chi connectivity index (χ2v) is 11.6. The van der Waals surface area contributed by atoms with Gasteiger partial charge in [-0.15, -0.1) is 0 Å². The van der Waals surface area contributed by atoms with Crippen molar-refractivity contribution in [2.75, 3.05) is 18.5 Å². The van der Waals surface area contributed by atoms with E-state index < -0.39 is 5.97 Å². The lowest BCUT2D eigenvalue weighted by Crippen LogP contribution is -3.00. The maximum atomic E-state index is 10.9. The van der Waals surface area contributed by atoms with Gasteiger partial charge in [0.1, 0.15) is 6.54 Å². The van der Waals surface area contributed by atoms with Crippen LogP contribution in [0.3, 0.4) is 0 Å². The molecule has 0 fully saturated rings. The first-order valence-electron chi connectivity index (χ1n) is 14.1. The van der Waals surface area contributed by atoms with Crippen molar-refractivity contribution >= 4 is 23.1 Å². The van der Waals surface area contributed by atoms with E-state index in [1.54, 1.807) is 0 Å². The average Bonchev–Trinajstić information content (AvgIpc) is 3.26. The number of nitrogens with zero attached hydrogens (tertiary/aromatic N) is 3. The quantitative estimate of drug-likeness (QED) is 0.133. The zero-order chi connectivity index (χ0) is 28.9. The number of hydrogen-bond acceptors (Lipinski definition) is 3. The molecule has 2 aromatic rings. The SMILES string of the molecule is CN1/C(=C/C=C/C(C#N)=C/C=C/C2=[N+](CCCCCC(=O)O)c3ccccc3C2(C)C)C(C)(C)c2ccccc21.[I-]. The van der Waals surface area contributed by atoms with Crippen LogP contribution in [0, 0.1) is 11.3 Å². The van der Waals surface area contributed by atoms with Crippen LogP contribution in [0.25, 0.3) is 0 Å². The number of unbranched alkanes of at least 4 members (excludes halogenated alkanes) is 2. The van der Waals surface area contributed by atoms with Crippen molar-refractivity contribution in [3.05, 3.63) is 107 Å².